The van der Waals surface area contributed by atoms with Gasteiger partial charge in [0.05, 0.1) is 12.7 Å². The van der Waals surface area contributed by atoms with Crippen molar-refractivity contribution in [3.63, 3.8) is 0 Å². The van der Waals surface area contributed by atoms with E-state index in [1.54, 1.807) is 10.8 Å². The molecule has 1 fully saturated rings. The zero-order valence-corrected chi connectivity index (χ0v) is 9.25. The second kappa shape index (κ2) is 6.02. The van der Waals surface area contributed by atoms with Gasteiger partial charge in [-0.3, -0.25) is 4.79 Å². The molecule has 1 rings (SSSR count). The van der Waals surface area contributed by atoms with Crippen molar-refractivity contribution >= 4 is 37.3 Å². The van der Waals surface area contributed by atoms with Crippen molar-refractivity contribution < 1.29 is 15.0 Å². The molecule has 0 aromatic carbocycles. The van der Waals surface area contributed by atoms with Crippen LogP contribution in [0.25, 0.3) is 0 Å². The molecule has 0 aromatic heterocycles. The lowest BCUT2D eigenvalue weighted by Gasteiger charge is -2.24. The summed E-state index contributed by atoms with van der Waals surface area (Å²) in [7, 11) is 4.43. The average molecular weight is 241 g/mol. The Balaban J connectivity index is 2.35. The smallest absolute Gasteiger partial charge is 0.236 e. The van der Waals surface area contributed by atoms with Gasteiger partial charge < -0.3 is 15.5 Å². The summed E-state index contributed by atoms with van der Waals surface area (Å²) in [5, 5.41) is 20.1. The van der Waals surface area contributed by atoms with Gasteiger partial charge in [-0.2, -0.15) is 0 Å². The topological polar surface area (TPSA) is 69.6 Å². The third-order valence-corrected chi connectivity index (χ3v) is 5.96. The van der Waals surface area contributed by atoms with Crippen molar-refractivity contribution in [2.45, 2.75) is 11.4 Å². The van der Waals surface area contributed by atoms with Gasteiger partial charge in [-0.25, -0.2) is 0 Å². The second-order valence-corrected chi connectivity index (χ2v) is 6.77. The lowest BCUT2D eigenvalue weighted by molar-refractivity contribution is -0.122. The number of aliphatic hydroxyl groups is 2. The first kappa shape index (κ1) is 11.5. The van der Waals surface area contributed by atoms with Crippen LogP contribution >= 0.6 is 31.4 Å². The van der Waals surface area contributed by atoms with Crippen LogP contribution in [0, 0.1) is 0 Å². The first-order valence-electron chi connectivity index (χ1n) is 3.77. The number of rotatable bonds is 3. The van der Waals surface area contributed by atoms with Crippen molar-refractivity contribution in [1.82, 2.24) is 5.32 Å². The summed E-state index contributed by atoms with van der Waals surface area (Å²) < 4.78 is 0. The van der Waals surface area contributed by atoms with Gasteiger partial charge in [0.25, 0.3) is 0 Å². The van der Waals surface area contributed by atoms with E-state index in [2.05, 4.69) is 5.32 Å². The minimum Gasteiger partial charge on any atom is -0.395 e. The first-order valence-corrected chi connectivity index (χ1v) is 7.49. The maximum Gasteiger partial charge on any atom is 0.236 e. The van der Waals surface area contributed by atoms with Gasteiger partial charge in [0, 0.05) is 12.3 Å². The van der Waals surface area contributed by atoms with Gasteiger partial charge in [-0.05, 0) is 9.83 Å². The van der Waals surface area contributed by atoms with E-state index in [1.165, 1.54) is 20.6 Å². The number of hydrogen-bond acceptors (Lipinski definition) is 6. The molecule has 1 saturated heterocycles. The van der Waals surface area contributed by atoms with E-state index < -0.39 is 11.4 Å². The summed E-state index contributed by atoms with van der Waals surface area (Å²) in [5.41, 5.74) is 0. The Kier molecular flexibility index (Phi) is 5.34. The van der Waals surface area contributed by atoms with Gasteiger partial charge >= 0.3 is 0 Å². The Bertz CT molecular complexity index is 181. The zero-order chi connectivity index (χ0) is 9.68. The van der Waals surface area contributed by atoms with Gasteiger partial charge in [-0.1, -0.05) is 21.6 Å². The summed E-state index contributed by atoms with van der Waals surface area (Å²) >= 11 is 0. The normalized spacial score (nSPS) is 28.5. The highest BCUT2D eigenvalue weighted by atomic mass is 33.5. The molecule has 1 aliphatic heterocycles. The van der Waals surface area contributed by atoms with Crippen LogP contribution in [0.4, 0.5) is 0 Å². The van der Waals surface area contributed by atoms with Crippen molar-refractivity contribution in [2.75, 3.05) is 18.9 Å². The van der Waals surface area contributed by atoms with Crippen molar-refractivity contribution in [2.24, 2.45) is 0 Å². The van der Waals surface area contributed by atoms with Gasteiger partial charge in [0.1, 0.15) is 5.25 Å². The Hall–Kier alpha value is 0.440. The molecule has 3 N–H and O–H groups in total. The van der Waals surface area contributed by atoms with Crippen LogP contribution in [0.3, 0.4) is 0 Å². The molecular formula is C6H11NO3S3. The SMILES string of the molecule is O=C(NCCO)C1SSSCC1O. The third-order valence-electron chi connectivity index (χ3n) is 1.45. The summed E-state index contributed by atoms with van der Waals surface area (Å²) in [5.74, 6) is 0.383. The highest BCUT2D eigenvalue weighted by molar-refractivity contribution is 9.09. The van der Waals surface area contributed by atoms with Crippen molar-refractivity contribution in [3.05, 3.63) is 0 Å². The minimum absolute atomic E-state index is 0.0683. The van der Waals surface area contributed by atoms with Crippen LogP contribution in [0.5, 0.6) is 0 Å². The van der Waals surface area contributed by atoms with Crippen molar-refractivity contribution in [3.8, 4) is 0 Å². The summed E-state index contributed by atoms with van der Waals surface area (Å²) in [4.78, 5) is 11.3. The molecule has 7 heteroatoms. The first-order chi connectivity index (χ1) is 6.25. The van der Waals surface area contributed by atoms with Crippen molar-refractivity contribution in [1.29, 1.82) is 0 Å². The monoisotopic (exact) mass is 241 g/mol. The number of nitrogens with one attached hydrogen (secondary N) is 1. The molecule has 76 valence electrons. The quantitative estimate of drug-likeness (QED) is 0.598. The van der Waals surface area contributed by atoms with Crippen LogP contribution < -0.4 is 5.32 Å². The van der Waals surface area contributed by atoms with Crippen LogP contribution in [-0.4, -0.2) is 46.4 Å². The van der Waals surface area contributed by atoms with E-state index in [-0.39, 0.29) is 19.1 Å². The molecule has 0 bridgehead atoms. The lowest BCUT2D eigenvalue weighted by Crippen LogP contribution is -2.42. The fraction of sp³-hybridized carbons (Fsp3) is 0.833. The van der Waals surface area contributed by atoms with E-state index in [4.69, 9.17) is 5.11 Å². The highest BCUT2D eigenvalue weighted by Gasteiger charge is 2.31. The van der Waals surface area contributed by atoms with Crippen LogP contribution in [-0.2, 0) is 4.79 Å². The lowest BCUT2D eigenvalue weighted by atomic mass is 10.2. The highest BCUT2D eigenvalue weighted by Crippen LogP contribution is 2.44. The Morgan fingerprint density at radius 2 is 2.38 bits per heavy atom. The maximum absolute atomic E-state index is 11.3. The standard InChI is InChI=1S/C6H11NO3S3/c8-2-1-7-6(10)5-4(9)3-11-13-12-5/h4-5,8-9H,1-3H2,(H,7,10). The second-order valence-electron chi connectivity index (χ2n) is 2.45. The Labute approximate surface area is 88.0 Å². The van der Waals surface area contributed by atoms with E-state index in [9.17, 15) is 9.90 Å². The zero-order valence-electron chi connectivity index (χ0n) is 6.80. The number of carbonyl (C=O) groups is 1. The molecule has 0 radical (unpaired) electrons. The van der Waals surface area contributed by atoms with Crippen LogP contribution in [0.2, 0.25) is 0 Å². The van der Waals surface area contributed by atoms with Gasteiger partial charge in [0.15, 0.2) is 0 Å². The van der Waals surface area contributed by atoms with E-state index in [0.29, 0.717) is 5.75 Å². The molecule has 13 heavy (non-hydrogen) atoms. The van der Waals surface area contributed by atoms with E-state index in [0.717, 1.165) is 0 Å². The van der Waals surface area contributed by atoms with Gasteiger partial charge in [0.2, 0.25) is 5.91 Å². The molecular weight excluding hydrogens is 230 g/mol. The predicted octanol–water partition coefficient (Wildman–Crippen LogP) is -0.132. The Morgan fingerprint density at radius 3 is 3.00 bits per heavy atom. The molecule has 0 spiro atoms. The summed E-state index contributed by atoms with van der Waals surface area (Å²) in [6, 6.07) is 0. The molecule has 4 nitrogen and oxygen atoms in total. The fourth-order valence-electron chi connectivity index (χ4n) is 0.817. The van der Waals surface area contributed by atoms with E-state index >= 15 is 0 Å². The maximum atomic E-state index is 11.3. The van der Waals surface area contributed by atoms with Crippen LogP contribution in [0.1, 0.15) is 0 Å². The van der Waals surface area contributed by atoms with E-state index in [1.807, 2.05) is 0 Å². The molecule has 0 saturated carbocycles. The average Bonchev–Trinajstić information content (AvgIpc) is 2.15. The molecule has 1 amide bonds. The molecule has 1 aliphatic rings. The molecule has 2 atom stereocenters. The number of carbonyl (C=O) groups excluding carboxylic acids is 1. The molecule has 2 unspecified atom stereocenters. The largest absolute Gasteiger partial charge is 0.395 e. The fourth-order valence-corrected chi connectivity index (χ4v) is 5.28. The molecule has 0 aromatic rings. The number of aliphatic hydroxyl groups excluding tert-OH is 2. The molecule has 1 heterocycles. The summed E-state index contributed by atoms with van der Waals surface area (Å²) in [6.45, 7) is 0.182. The predicted molar refractivity (Wildman–Crippen MR) is 57.5 cm³/mol. The minimum atomic E-state index is -0.588. The Morgan fingerprint density at radius 1 is 1.62 bits per heavy atom. The number of hydrogen-bond donors (Lipinski definition) is 3. The summed E-state index contributed by atoms with van der Waals surface area (Å²) in [6.07, 6.45) is -0.588. The number of amides is 1. The molecule has 0 aliphatic carbocycles. The third kappa shape index (κ3) is 3.59. The van der Waals surface area contributed by atoms with Gasteiger partial charge in [-0.15, -0.1) is 0 Å². The van der Waals surface area contributed by atoms with Crippen LogP contribution in [0.15, 0.2) is 0 Å².